The molecule has 1 aromatic rings. The minimum atomic E-state index is -1.38. The SMILES string of the molecule is C=CCOC[C@@]1(O)[C@H](OC)[C@H](OC(=O)c2ccccc2)CC[C@]12CO2. The first kappa shape index (κ1) is 18.1. The largest absolute Gasteiger partial charge is 0.456 e. The Balaban J connectivity index is 1.76. The molecule has 0 bridgehead atoms. The zero-order chi connectivity index (χ0) is 17.9. The molecule has 136 valence electrons. The number of esters is 1. The molecule has 1 aliphatic carbocycles. The standard InChI is InChI=1S/C19H24O6/c1-3-11-23-13-19(21)16(22-2)15(9-10-18(19)12-24-18)25-17(20)14-7-5-4-6-8-14/h3-8,15-16,21H,1,9-13H2,2H3/t15-,16-,18+,19-/m1/s1. The van der Waals surface area contributed by atoms with E-state index in [-0.39, 0.29) is 6.61 Å². The summed E-state index contributed by atoms with van der Waals surface area (Å²) >= 11 is 0. The molecule has 0 radical (unpaired) electrons. The maximum absolute atomic E-state index is 12.4. The summed E-state index contributed by atoms with van der Waals surface area (Å²) in [6.07, 6.45) is 1.43. The predicted molar refractivity (Wildman–Crippen MR) is 90.3 cm³/mol. The van der Waals surface area contributed by atoms with Crippen LogP contribution in [-0.2, 0) is 18.9 Å². The first-order valence-corrected chi connectivity index (χ1v) is 8.40. The Kier molecular flexibility index (Phi) is 5.24. The third-order valence-corrected chi connectivity index (χ3v) is 5.00. The van der Waals surface area contributed by atoms with Crippen molar-refractivity contribution in [3.63, 3.8) is 0 Å². The van der Waals surface area contributed by atoms with Crippen molar-refractivity contribution in [1.29, 1.82) is 0 Å². The van der Waals surface area contributed by atoms with Gasteiger partial charge in [0.2, 0.25) is 0 Å². The van der Waals surface area contributed by atoms with Crippen LogP contribution in [0.2, 0.25) is 0 Å². The fourth-order valence-electron chi connectivity index (χ4n) is 3.55. The predicted octanol–water partition coefficient (Wildman–Crippen LogP) is 1.72. The quantitative estimate of drug-likeness (QED) is 0.350. The maximum atomic E-state index is 12.4. The summed E-state index contributed by atoms with van der Waals surface area (Å²) in [5, 5.41) is 11.3. The number of benzene rings is 1. The van der Waals surface area contributed by atoms with Crippen molar-refractivity contribution in [1.82, 2.24) is 0 Å². The van der Waals surface area contributed by atoms with E-state index in [4.69, 9.17) is 18.9 Å². The highest BCUT2D eigenvalue weighted by Gasteiger charge is 2.69. The molecule has 0 amide bonds. The van der Waals surface area contributed by atoms with Gasteiger partial charge in [-0.15, -0.1) is 6.58 Å². The Hall–Kier alpha value is -1.73. The maximum Gasteiger partial charge on any atom is 0.338 e. The number of hydrogen-bond donors (Lipinski definition) is 1. The Morgan fingerprint density at radius 2 is 2.16 bits per heavy atom. The lowest BCUT2D eigenvalue weighted by atomic mass is 9.72. The number of ether oxygens (including phenoxy) is 4. The highest BCUT2D eigenvalue weighted by Crippen LogP contribution is 2.50. The van der Waals surface area contributed by atoms with E-state index in [1.165, 1.54) is 7.11 Å². The van der Waals surface area contributed by atoms with Crippen LogP contribution < -0.4 is 0 Å². The molecule has 6 heteroatoms. The van der Waals surface area contributed by atoms with Gasteiger partial charge in [0.15, 0.2) is 0 Å². The molecule has 4 atom stereocenters. The topological polar surface area (TPSA) is 77.5 Å². The minimum Gasteiger partial charge on any atom is -0.456 e. The van der Waals surface area contributed by atoms with Gasteiger partial charge in [0.05, 0.1) is 25.4 Å². The molecule has 1 heterocycles. The molecule has 2 fully saturated rings. The fraction of sp³-hybridized carbons (Fsp3) is 0.526. The summed E-state index contributed by atoms with van der Waals surface area (Å²) < 4.78 is 22.3. The highest BCUT2D eigenvalue weighted by atomic mass is 16.6. The number of hydrogen-bond acceptors (Lipinski definition) is 6. The third-order valence-electron chi connectivity index (χ3n) is 5.00. The van der Waals surface area contributed by atoms with Crippen molar-refractivity contribution in [2.24, 2.45) is 0 Å². The number of epoxide rings is 1. The van der Waals surface area contributed by atoms with Gasteiger partial charge in [-0.2, -0.15) is 0 Å². The molecule has 3 rings (SSSR count). The normalized spacial score (nSPS) is 33.8. The van der Waals surface area contributed by atoms with Gasteiger partial charge in [0.25, 0.3) is 0 Å². The summed E-state index contributed by atoms with van der Waals surface area (Å²) in [6.45, 7) is 4.38. The van der Waals surface area contributed by atoms with E-state index in [9.17, 15) is 9.90 Å². The van der Waals surface area contributed by atoms with Crippen molar-refractivity contribution in [2.75, 3.05) is 26.9 Å². The van der Waals surface area contributed by atoms with Crippen LogP contribution in [0.5, 0.6) is 0 Å². The monoisotopic (exact) mass is 348 g/mol. The first-order valence-electron chi connectivity index (χ1n) is 8.40. The van der Waals surface area contributed by atoms with Crippen LogP contribution in [0.25, 0.3) is 0 Å². The van der Waals surface area contributed by atoms with Gasteiger partial charge in [-0.3, -0.25) is 0 Å². The van der Waals surface area contributed by atoms with Gasteiger partial charge >= 0.3 is 5.97 Å². The fourth-order valence-corrected chi connectivity index (χ4v) is 3.55. The van der Waals surface area contributed by atoms with Gasteiger partial charge in [0.1, 0.15) is 23.4 Å². The molecule has 0 unspecified atom stereocenters. The molecule has 0 aromatic heterocycles. The van der Waals surface area contributed by atoms with E-state index >= 15 is 0 Å². The Morgan fingerprint density at radius 3 is 2.76 bits per heavy atom. The number of carbonyl (C=O) groups excluding carboxylic acids is 1. The summed E-state index contributed by atoms with van der Waals surface area (Å²) in [7, 11) is 1.49. The number of methoxy groups -OCH3 is 1. The molecule has 1 saturated carbocycles. The van der Waals surface area contributed by atoms with Gasteiger partial charge in [-0.1, -0.05) is 24.3 Å². The van der Waals surface area contributed by atoms with Crippen LogP contribution in [0.15, 0.2) is 43.0 Å². The summed E-state index contributed by atoms with van der Waals surface area (Å²) in [5.74, 6) is -0.435. The van der Waals surface area contributed by atoms with E-state index in [1.807, 2.05) is 6.07 Å². The average Bonchev–Trinajstić information content (AvgIpc) is 3.41. The molecule has 1 saturated heterocycles. The van der Waals surface area contributed by atoms with Crippen molar-refractivity contribution >= 4 is 5.97 Å². The molecular weight excluding hydrogens is 324 g/mol. The minimum absolute atomic E-state index is 0.0247. The van der Waals surface area contributed by atoms with E-state index in [0.717, 1.165) is 0 Å². The molecule has 1 spiro atoms. The van der Waals surface area contributed by atoms with Crippen molar-refractivity contribution < 1.29 is 28.8 Å². The third kappa shape index (κ3) is 3.35. The Bertz CT molecular complexity index is 612. The summed E-state index contributed by atoms with van der Waals surface area (Å²) in [5.41, 5.74) is -1.61. The number of aliphatic hydroxyl groups is 1. The Morgan fingerprint density at radius 1 is 1.44 bits per heavy atom. The van der Waals surface area contributed by atoms with Crippen LogP contribution in [-0.4, -0.2) is 61.4 Å². The van der Waals surface area contributed by atoms with Gasteiger partial charge in [0, 0.05) is 7.11 Å². The average molecular weight is 348 g/mol. The summed E-state index contributed by atoms with van der Waals surface area (Å²) in [4.78, 5) is 12.4. The molecule has 1 aromatic carbocycles. The second-order valence-corrected chi connectivity index (χ2v) is 6.52. The lowest BCUT2D eigenvalue weighted by Gasteiger charge is -2.46. The van der Waals surface area contributed by atoms with Crippen molar-refractivity contribution in [3.05, 3.63) is 48.6 Å². The number of rotatable bonds is 7. The van der Waals surface area contributed by atoms with Crippen LogP contribution >= 0.6 is 0 Å². The van der Waals surface area contributed by atoms with E-state index in [0.29, 0.717) is 31.6 Å². The molecule has 1 aliphatic heterocycles. The van der Waals surface area contributed by atoms with Crippen molar-refractivity contribution in [2.45, 2.75) is 36.3 Å². The van der Waals surface area contributed by atoms with Crippen LogP contribution in [0.1, 0.15) is 23.2 Å². The van der Waals surface area contributed by atoms with E-state index in [1.54, 1.807) is 30.3 Å². The zero-order valence-electron chi connectivity index (χ0n) is 14.3. The first-order chi connectivity index (χ1) is 12.1. The van der Waals surface area contributed by atoms with E-state index in [2.05, 4.69) is 6.58 Å². The van der Waals surface area contributed by atoms with Gasteiger partial charge in [-0.25, -0.2) is 4.79 Å². The Labute approximate surface area is 147 Å². The second kappa shape index (κ2) is 7.25. The smallest absolute Gasteiger partial charge is 0.338 e. The van der Waals surface area contributed by atoms with E-state index < -0.39 is 29.4 Å². The molecule has 6 nitrogen and oxygen atoms in total. The number of carbonyl (C=O) groups is 1. The van der Waals surface area contributed by atoms with Gasteiger partial charge < -0.3 is 24.1 Å². The summed E-state index contributed by atoms with van der Waals surface area (Å²) in [6, 6.07) is 8.77. The van der Waals surface area contributed by atoms with Crippen LogP contribution in [0.3, 0.4) is 0 Å². The molecule has 25 heavy (non-hydrogen) atoms. The molecule has 2 aliphatic rings. The van der Waals surface area contributed by atoms with Crippen LogP contribution in [0.4, 0.5) is 0 Å². The van der Waals surface area contributed by atoms with Crippen LogP contribution in [0, 0.1) is 0 Å². The lowest BCUT2D eigenvalue weighted by Crippen LogP contribution is -2.66. The van der Waals surface area contributed by atoms with Gasteiger partial charge in [-0.05, 0) is 25.0 Å². The zero-order valence-corrected chi connectivity index (χ0v) is 14.3. The second-order valence-electron chi connectivity index (χ2n) is 6.52. The molecular formula is C19H24O6. The lowest BCUT2D eigenvalue weighted by molar-refractivity contribution is -0.217. The highest BCUT2D eigenvalue weighted by molar-refractivity contribution is 5.89. The molecule has 1 N–H and O–H groups in total. The van der Waals surface area contributed by atoms with Crippen molar-refractivity contribution in [3.8, 4) is 0 Å².